The van der Waals surface area contributed by atoms with Crippen LogP contribution in [0.2, 0.25) is 0 Å². The summed E-state index contributed by atoms with van der Waals surface area (Å²) in [6, 6.07) is 13.2. The van der Waals surface area contributed by atoms with Crippen molar-refractivity contribution >= 4 is 11.6 Å². The summed E-state index contributed by atoms with van der Waals surface area (Å²) in [6.45, 7) is 3.78. The fraction of sp³-hybridized carbons (Fsp3) is 0.261. The molecule has 1 aromatic heterocycles. The van der Waals surface area contributed by atoms with Crippen LogP contribution in [0.5, 0.6) is 5.75 Å². The molecule has 3 aromatic rings. The van der Waals surface area contributed by atoms with E-state index in [0.717, 1.165) is 35.2 Å². The van der Waals surface area contributed by atoms with Crippen molar-refractivity contribution in [1.82, 2.24) is 10.1 Å². The minimum absolute atomic E-state index is 0.0247. The van der Waals surface area contributed by atoms with Crippen LogP contribution < -0.4 is 10.5 Å². The number of nitriles is 1. The monoisotopic (exact) mass is 415 g/mol. The smallest absolute Gasteiger partial charge is 0.258 e. The zero-order chi connectivity index (χ0) is 22.0. The predicted octanol–water partition coefficient (Wildman–Crippen LogP) is 3.28. The maximum atomic E-state index is 11.1. The first-order chi connectivity index (χ1) is 15.0. The molecule has 0 saturated carbocycles. The predicted molar refractivity (Wildman–Crippen MR) is 115 cm³/mol. The highest BCUT2D eigenvalue weighted by Crippen LogP contribution is 2.33. The van der Waals surface area contributed by atoms with Crippen LogP contribution in [0.15, 0.2) is 45.9 Å². The average Bonchev–Trinajstić information content (AvgIpc) is 3.39. The summed E-state index contributed by atoms with van der Waals surface area (Å²) in [4.78, 5) is 20.0. The number of nitrogens with two attached hydrogens (primary N) is 1. The number of hydrogen-bond donors (Lipinski definition) is 1. The molecule has 1 aliphatic rings. The number of hydrogen-bond acceptors (Lipinski definition) is 7. The average molecular weight is 415 g/mol. The highest BCUT2D eigenvalue weighted by molar-refractivity contribution is 6.06. The van der Waals surface area contributed by atoms with Crippen molar-refractivity contribution in [1.29, 1.82) is 5.26 Å². The first kappa shape index (κ1) is 20.3. The van der Waals surface area contributed by atoms with Crippen molar-refractivity contribution in [2.75, 3.05) is 6.54 Å². The molecule has 1 amide bonds. The van der Waals surface area contributed by atoms with Gasteiger partial charge in [0.05, 0.1) is 11.7 Å². The number of carbonyl (C=O) groups is 1. The fourth-order valence-electron chi connectivity index (χ4n) is 3.61. The minimum Gasteiger partial charge on any atom is -0.490 e. The maximum absolute atomic E-state index is 11.1. The molecule has 8 heteroatoms. The molecule has 0 bridgehead atoms. The number of nitrogens with zero attached hydrogens (tertiary/aromatic N) is 4. The molecular formula is C23H21N5O3. The van der Waals surface area contributed by atoms with Crippen molar-refractivity contribution in [3.63, 3.8) is 0 Å². The van der Waals surface area contributed by atoms with Gasteiger partial charge in [0, 0.05) is 16.8 Å². The number of amides is 1. The van der Waals surface area contributed by atoms with Crippen LogP contribution in [-0.2, 0) is 11.2 Å². The SMILES string of the molecule is CC(C)Oc1ccc(-c2nc(-c3cccc4c3CCC4=NCC(N)=O)no2)cc1C#N. The van der Waals surface area contributed by atoms with Gasteiger partial charge in [0.2, 0.25) is 11.7 Å². The molecular weight excluding hydrogens is 394 g/mol. The second-order valence-electron chi connectivity index (χ2n) is 7.47. The number of rotatable bonds is 6. The van der Waals surface area contributed by atoms with Crippen LogP contribution in [-0.4, -0.2) is 34.4 Å². The van der Waals surface area contributed by atoms with Gasteiger partial charge < -0.3 is 15.0 Å². The van der Waals surface area contributed by atoms with E-state index in [9.17, 15) is 10.1 Å². The Kier molecular flexibility index (Phi) is 5.50. The molecule has 0 saturated heterocycles. The first-order valence-corrected chi connectivity index (χ1v) is 9.95. The van der Waals surface area contributed by atoms with E-state index >= 15 is 0 Å². The molecule has 0 radical (unpaired) electrons. The molecule has 0 atom stereocenters. The number of carbonyl (C=O) groups excluding carboxylic acids is 1. The third kappa shape index (κ3) is 4.16. The second-order valence-corrected chi connectivity index (χ2v) is 7.47. The Labute approximate surface area is 179 Å². The van der Waals surface area contributed by atoms with E-state index in [1.807, 2.05) is 32.0 Å². The van der Waals surface area contributed by atoms with Gasteiger partial charge in [-0.3, -0.25) is 9.79 Å². The molecule has 1 aliphatic carbocycles. The van der Waals surface area contributed by atoms with Crippen LogP contribution in [0.3, 0.4) is 0 Å². The number of benzene rings is 2. The van der Waals surface area contributed by atoms with E-state index in [-0.39, 0.29) is 12.6 Å². The third-order valence-corrected chi connectivity index (χ3v) is 4.90. The van der Waals surface area contributed by atoms with Gasteiger partial charge in [-0.25, -0.2) is 0 Å². The molecule has 2 aromatic carbocycles. The minimum atomic E-state index is -0.457. The molecule has 0 spiro atoms. The summed E-state index contributed by atoms with van der Waals surface area (Å²) in [5, 5.41) is 13.6. The number of ether oxygens (including phenoxy) is 1. The molecule has 1 heterocycles. The molecule has 4 rings (SSSR count). The van der Waals surface area contributed by atoms with Gasteiger partial charge >= 0.3 is 0 Å². The van der Waals surface area contributed by atoms with Crippen LogP contribution in [0.25, 0.3) is 22.8 Å². The van der Waals surface area contributed by atoms with E-state index in [2.05, 4.69) is 21.2 Å². The molecule has 2 N–H and O–H groups in total. The van der Waals surface area contributed by atoms with E-state index in [4.69, 9.17) is 15.0 Å². The summed E-state index contributed by atoms with van der Waals surface area (Å²) < 4.78 is 11.2. The Balaban J connectivity index is 1.66. The lowest BCUT2D eigenvalue weighted by molar-refractivity contribution is -0.116. The summed E-state index contributed by atoms with van der Waals surface area (Å²) in [6.07, 6.45) is 1.46. The van der Waals surface area contributed by atoms with Gasteiger partial charge in [0.1, 0.15) is 18.4 Å². The third-order valence-electron chi connectivity index (χ3n) is 4.90. The molecule has 0 fully saturated rings. The van der Waals surface area contributed by atoms with Crippen molar-refractivity contribution in [3.05, 3.63) is 53.1 Å². The molecule has 8 nitrogen and oxygen atoms in total. The summed E-state index contributed by atoms with van der Waals surface area (Å²) in [7, 11) is 0. The second kappa shape index (κ2) is 8.40. The van der Waals surface area contributed by atoms with Gasteiger partial charge in [0.25, 0.3) is 5.89 Å². The van der Waals surface area contributed by atoms with Crippen LogP contribution in [0.4, 0.5) is 0 Å². The Morgan fingerprint density at radius 3 is 2.84 bits per heavy atom. The Bertz CT molecular complexity index is 1220. The topological polar surface area (TPSA) is 127 Å². The number of fused-ring (bicyclic) bond motifs is 1. The number of primary amides is 1. The van der Waals surface area contributed by atoms with Gasteiger partial charge in [-0.2, -0.15) is 10.2 Å². The van der Waals surface area contributed by atoms with Crippen molar-refractivity contribution in [2.24, 2.45) is 10.7 Å². The first-order valence-electron chi connectivity index (χ1n) is 9.95. The fourth-order valence-corrected chi connectivity index (χ4v) is 3.61. The standard InChI is InChI=1S/C23H21N5O3/c1-13(2)30-20-9-6-14(10-15(20)11-24)23-27-22(28-31-23)18-5-3-4-17-16(18)7-8-19(17)26-12-21(25)29/h3-6,9-10,13H,7-8,12H2,1-2H3,(H2,25,29). The van der Waals surface area contributed by atoms with E-state index in [0.29, 0.717) is 28.6 Å². The van der Waals surface area contributed by atoms with E-state index in [1.165, 1.54) is 0 Å². The maximum Gasteiger partial charge on any atom is 0.258 e. The lowest BCUT2D eigenvalue weighted by atomic mass is 10.0. The van der Waals surface area contributed by atoms with Crippen LogP contribution >= 0.6 is 0 Å². The molecule has 0 aliphatic heterocycles. The van der Waals surface area contributed by atoms with Gasteiger partial charge in [-0.1, -0.05) is 23.4 Å². The van der Waals surface area contributed by atoms with Gasteiger partial charge in [-0.05, 0) is 56.0 Å². The van der Waals surface area contributed by atoms with E-state index in [1.54, 1.807) is 18.2 Å². The van der Waals surface area contributed by atoms with Crippen LogP contribution in [0.1, 0.15) is 37.0 Å². The molecule has 156 valence electrons. The lowest BCUT2D eigenvalue weighted by Gasteiger charge is -2.11. The highest BCUT2D eigenvalue weighted by atomic mass is 16.5. The largest absolute Gasteiger partial charge is 0.490 e. The van der Waals surface area contributed by atoms with Crippen LogP contribution in [0, 0.1) is 11.3 Å². The van der Waals surface area contributed by atoms with Gasteiger partial charge in [-0.15, -0.1) is 0 Å². The quantitative estimate of drug-likeness (QED) is 0.658. The zero-order valence-electron chi connectivity index (χ0n) is 17.3. The van der Waals surface area contributed by atoms with Crippen molar-refractivity contribution in [2.45, 2.75) is 32.8 Å². The van der Waals surface area contributed by atoms with Crippen molar-refractivity contribution < 1.29 is 14.1 Å². The summed E-state index contributed by atoms with van der Waals surface area (Å²) in [5.74, 6) is 0.843. The molecule has 31 heavy (non-hydrogen) atoms. The number of aliphatic imine (C=N–C) groups is 1. The Morgan fingerprint density at radius 1 is 1.29 bits per heavy atom. The normalized spacial score (nSPS) is 13.9. The zero-order valence-corrected chi connectivity index (χ0v) is 17.3. The van der Waals surface area contributed by atoms with Gasteiger partial charge in [0.15, 0.2) is 0 Å². The molecule has 0 unspecified atom stereocenters. The Hall–Kier alpha value is -3.99. The summed E-state index contributed by atoms with van der Waals surface area (Å²) >= 11 is 0. The Morgan fingerprint density at radius 2 is 2.10 bits per heavy atom. The highest BCUT2D eigenvalue weighted by Gasteiger charge is 2.23. The lowest BCUT2D eigenvalue weighted by Crippen LogP contribution is -2.15. The summed E-state index contributed by atoms with van der Waals surface area (Å²) in [5.41, 5.74) is 10.0. The number of aromatic nitrogens is 2. The van der Waals surface area contributed by atoms with Crippen molar-refractivity contribution in [3.8, 4) is 34.7 Å². The van der Waals surface area contributed by atoms with E-state index < -0.39 is 5.91 Å².